The van der Waals surface area contributed by atoms with Crippen LogP contribution in [0.3, 0.4) is 0 Å². The van der Waals surface area contributed by atoms with Gasteiger partial charge in [-0.05, 0) is 20.4 Å². The van der Waals surface area contributed by atoms with Crippen LogP contribution in [-0.2, 0) is 4.79 Å². The Morgan fingerprint density at radius 1 is 1.73 bits per heavy atom. The van der Waals surface area contributed by atoms with E-state index in [9.17, 15) is 4.79 Å². The summed E-state index contributed by atoms with van der Waals surface area (Å²) in [6.45, 7) is 6.52. The summed E-state index contributed by atoms with van der Waals surface area (Å²) in [5.74, 6) is 0.545. The maximum absolute atomic E-state index is 11.3. The Morgan fingerprint density at radius 2 is 2.40 bits per heavy atom. The molecule has 84 valence electrons. The van der Waals surface area contributed by atoms with Crippen molar-refractivity contribution in [2.24, 2.45) is 5.73 Å². The SMILES string of the molecule is CCNC(C(N)=O)C(C)n1ccnc1C. The zero-order valence-electron chi connectivity index (χ0n) is 9.40. The molecule has 1 aromatic heterocycles. The fourth-order valence-corrected chi connectivity index (χ4v) is 1.71. The van der Waals surface area contributed by atoms with Crippen LogP contribution in [0.4, 0.5) is 0 Å². The number of aryl methyl sites for hydroxylation is 1. The fourth-order valence-electron chi connectivity index (χ4n) is 1.71. The van der Waals surface area contributed by atoms with Crippen LogP contribution in [0.5, 0.6) is 0 Å². The van der Waals surface area contributed by atoms with E-state index in [2.05, 4.69) is 10.3 Å². The quantitative estimate of drug-likeness (QED) is 0.730. The van der Waals surface area contributed by atoms with Crippen LogP contribution >= 0.6 is 0 Å². The lowest BCUT2D eigenvalue weighted by Crippen LogP contribution is -2.46. The predicted octanol–water partition coefficient (Wildman–Crippen LogP) is 0.216. The molecule has 0 aliphatic rings. The van der Waals surface area contributed by atoms with Gasteiger partial charge in [-0.25, -0.2) is 4.98 Å². The molecule has 5 heteroatoms. The smallest absolute Gasteiger partial charge is 0.236 e. The molecule has 0 spiro atoms. The number of imidazole rings is 1. The molecule has 3 N–H and O–H groups in total. The van der Waals surface area contributed by atoms with Crippen LogP contribution in [0, 0.1) is 6.92 Å². The molecule has 2 unspecified atom stereocenters. The number of likely N-dealkylation sites (N-methyl/N-ethyl adjacent to an activating group) is 1. The highest BCUT2D eigenvalue weighted by Gasteiger charge is 2.23. The van der Waals surface area contributed by atoms with Gasteiger partial charge in [-0.3, -0.25) is 4.79 Å². The maximum atomic E-state index is 11.3. The predicted molar refractivity (Wildman–Crippen MR) is 58.3 cm³/mol. The molecule has 1 heterocycles. The lowest BCUT2D eigenvalue weighted by Gasteiger charge is -2.23. The second-order valence-corrected chi connectivity index (χ2v) is 3.56. The van der Waals surface area contributed by atoms with Crippen molar-refractivity contribution < 1.29 is 4.79 Å². The topological polar surface area (TPSA) is 72.9 Å². The first-order chi connectivity index (χ1) is 7.07. The van der Waals surface area contributed by atoms with E-state index in [0.29, 0.717) is 6.54 Å². The first-order valence-corrected chi connectivity index (χ1v) is 5.10. The molecule has 0 fully saturated rings. The van der Waals surface area contributed by atoms with Gasteiger partial charge in [0.05, 0.1) is 6.04 Å². The normalized spacial score (nSPS) is 14.9. The van der Waals surface area contributed by atoms with E-state index in [1.54, 1.807) is 6.20 Å². The summed E-state index contributed by atoms with van der Waals surface area (Å²) in [5, 5.41) is 3.07. The summed E-state index contributed by atoms with van der Waals surface area (Å²) in [7, 11) is 0. The van der Waals surface area contributed by atoms with Gasteiger partial charge in [0.15, 0.2) is 0 Å². The summed E-state index contributed by atoms with van der Waals surface area (Å²) in [6.07, 6.45) is 3.57. The van der Waals surface area contributed by atoms with Gasteiger partial charge in [0, 0.05) is 12.4 Å². The molecule has 15 heavy (non-hydrogen) atoms. The Hall–Kier alpha value is -1.36. The van der Waals surface area contributed by atoms with Gasteiger partial charge >= 0.3 is 0 Å². The summed E-state index contributed by atoms with van der Waals surface area (Å²) in [5.41, 5.74) is 5.34. The molecule has 2 atom stereocenters. The number of primary amides is 1. The maximum Gasteiger partial charge on any atom is 0.236 e. The van der Waals surface area contributed by atoms with Gasteiger partial charge in [-0.15, -0.1) is 0 Å². The Bertz CT molecular complexity index is 334. The fraction of sp³-hybridized carbons (Fsp3) is 0.600. The second-order valence-electron chi connectivity index (χ2n) is 3.56. The second kappa shape index (κ2) is 4.93. The van der Waals surface area contributed by atoms with Gasteiger partial charge in [0.2, 0.25) is 5.91 Å². The van der Waals surface area contributed by atoms with E-state index in [1.807, 2.05) is 31.5 Å². The van der Waals surface area contributed by atoms with E-state index in [0.717, 1.165) is 5.82 Å². The van der Waals surface area contributed by atoms with E-state index >= 15 is 0 Å². The summed E-state index contributed by atoms with van der Waals surface area (Å²) in [4.78, 5) is 15.4. The lowest BCUT2D eigenvalue weighted by atomic mass is 10.1. The minimum absolute atomic E-state index is 0.0232. The number of hydrogen-bond donors (Lipinski definition) is 2. The molecule has 0 aliphatic heterocycles. The molecule has 0 radical (unpaired) electrons. The van der Waals surface area contributed by atoms with Crippen LogP contribution < -0.4 is 11.1 Å². The van der Waals surface area contributed by atoms with E-state index in [4.69, 9.17) is 5.73 Å². The van der Waals surface area contributed by atoms with Crippen molar-refractivity contribution in [1.82, 2.24) is 14.9 Å². The van der Waals surface area contributed by atoms with Gasteiger partial charge in [0.1, 0.15) is 11.9 Å². The summed E-state index contributed by atoms with van der Waals surface area (Å²) < 4.78 is 1.94. The third-order valence-electron chi connectivity index (χ3n) is 2.51. The Labute approximate surface area is 89.7 Å². The van der Waals surface area contributed by atoms with Crippen molar-refractivity contribution >= 4 is 5.91 Å². The zero-order chi connectivity index (χ0) is 11.4. The molecular formula is C10H18N4O. The van der Waals surface area contributed by atoms with Crippen LogP contribution in [0.15, 0.2) is 12.4 Å². The molecule has 0 saturated heterocycles. The number of rotatable bonds is 5. The first kappa shape index (κ1) is 11.7. The number of nitrogens with one attached hydrogen (secondary N) is 1. The Kier molecular flexibility index (Phi) is 3.85. The molecule has 0 aromatic carbocycles. The van der Waals surface area contributed by atoms with Crippen LogP contribution in [-0.4, -0.2) is 28.0 Å². The van der Waals surface area contributed by atoms with Crippen molar-refractivity contribution in [3.8, 4) is 0 Å². The summed E-state index contributed by atoms with van der Waals surface area (Å²) >= 11 is 0. The van der Waals surface area contributed by atoms with Crippen molar-refractivity contribution in [3.05, 3.63) is 18.2 Å². The van der Waals surface area contributed by atoms with Crippen LogP contribution in [0.2, 0.25) is 0 Å². The number of amides is 1. The van der Waals surface area contributed by atoms with Crippen molar-refractivity contribution in [2.45, 2.75) is 32.9 Å². The van der Waals surface area contributed by atoms with Crippen molar-refractivity contribution in [2.75, 3.05) is 6.54 Å². The Balaban J connectivity index is 2.85. The van der Waals surface area contributed by atoms with Gasteiger partial charge in [-0.2, -0.15) is 0 Å². The first-order valence-electron chi connectivity index (χ1n) is 5.10. The molecular weight excluding hydrogens is 192 g/mol. The molecule has 5 nitrogen and oxygen atoms in total. The van der Waals surface area contributed by atoms with Crippen molar-refractivity contribution in [3.63, 3.8) is 0 Å². The molecule has 0 saturated carbocycles. The highest BCUT2D eigenvalue weighted by Crippen LogP contribution is 2.12. The number of hydrogen-bond acceptors (Lipinski definition) is 3. The number of carbonyl (C=O) groups excluding carboxylic acids is 1. The van der Waals surface area contributed by atoms with Crippen LogP contribution in [0.1, 0.15) is 25.7 Å². The standard InChI is InChI=1S/C10H18N4O/c1-4-12-9(10(11)15)7(2)14-6-5-13-8(14)3/h5-7,9,12H,4H2,1-3H3,(H2,11,15). The number of aromatic nitrogens is 2. The van der Waals surface area contributed by atoms with E-state index < -0.39 is 0 Å². The molecule has 1 rings (SSSR count). The number of carbonyl (C=O) groups is 1. The van der Waals surface area contributed by atoms with Gasteiger partial charge < -0.3 is 15.6 Å². The van der Waals surface area contributed by atoms with Gasteiger partial charge in [-0.1, -0.05) is 6.92 Å². The highest BCUT2D eigenvalue weighted by molar-refractivity contribution is 5.80. The summed E-state index contributed by atoms with van der Waals surface area (Å²) in [6, 6.07) is -0.382. The zero-order valence-corrected chi connectivity index (χ0v) is 9.40. The molecule has 0 aliphatic carbocycles. The number of nitrogens with two attached hydrogens (primary N) is 1. The number of nitrogens with zero attached hydrogens (tertiary/aromatic N) is 2. The lowest BCUT2D eigenvalue weighted by molar-refractivity contribution is -0.120. The van der Waals surface area contributed by atoms with Gasteiger partial charge in [0.25, 0.3) is 0 Å². The minimum atomic E-state index is -0.358. The van der Waals surface area contributed by atoms with E-state index in [1.165, 1.54) is 0 Å². The van der Waals surface area contributed by atoms with Crippen LogP contribution in [0.25, 0.3) is 0 Å². The van der Waals surface area contributed by atoms with Crippen molar-refractivity contribution in [1.29, 1.82) is 0 Å². The average Bonchev–Trinajstić information content (AvgIpc) is 2.59. The molecule has 0 bridgehead atoms. The largest absolute Gasteiger partial charge is 0.368 e. The Morgan fingerprint density at radius 3 is 2.80 bits per heavy atom. The monoisotopic (exact) mass is 210 g/mol. The average molecular weight is 210 g/mol. The highest BCUT2D eigenvalue weighted by atomic mass is 16.1. The molecule has 1 aromatic rings. The third-order valence-corrected chi connectivity index (χ3v) is 2.51. The minimum Gasteiger partial charge on any atom is -0.368 e. The third kappa shape index (κ3) is 2.56. The molecule has 1 amide bonds. The van der Waals surface area contributed by atoms with E-state index in [-0.39, 0.29) is 18.0 Å².